The van der Waals surface area contributed by atoms with Crippen molar-refractivity contribution in [2.45, 2.75) is 48.6 Å². The van der Waals surface area contributed by atoms with E-state index in [1.807, 2.05) is 0 Å². The van der Waals surface area contributed by atoms with Crippen LogP contribution in [0, 0.1) is 0 Å². The maximum atomic E-state index is 13.7. The molecule has 0 aromatic rings. The number of nitrogens with one attached hydrogen (secondary N) is 1. The predicted octanol–water partition coefficient (Wildman–Crippen LogP) is 2.25. The van der Waals surface area contributed by atoms with E-state index < -0.39 is 76.9 Å². The number of nitrogens with zero attached hydrogens (tertiary/aromatic N) is 1. The highest BCUT2D eigenvalue weighted by Crippen LogP contribution is 2.60. The Balaban J connectivity index is 5.53. The zero-order valence-corrected chi connectivity index (χ0v) is 18.5. The zero-order chi connectivity index (χ0) is 28.5. The Morgan fingerprint density at radius 1 is 0.771 bits per heavy atom. The highest BCUT2D eigenvalue weighted by atomic mass is 32.2. The van der Waals surface area contributed by atoms with E-state index in [0.717, 1.165) is 0 Å². The SMILES string of the molecule is C[N+](C)(CCNS(=O)(=O)CCC(F)(F)C(F)(F)C(F)(F)C(F)(F)C(F)(F)C(F)(F)F)CCC(=O)[O-]. The Morgan fingerprint density at radius 3 is 1.60 bits per heavy atom. The van der Waals surface area contributed by atoms with Gasteiger partial charge in [0.1, 0.15) is 0 Å². The summed E-state index contributed by atoms with van der Waals surface area (Å²) in [4.78, 5) is 10.4. The van der Waals surface area contributed by atoms with E-state index in [2.05, 4.69) is 0 Å². The van der Waals surface area contributed by atoms with Gasteiger partial charge in [-0.1, -0.05) is 0 Å². The molecule has 210 valence electrons. The van der Waals surface area contributed by atoms with Crippen molar-refractivity contribution in [3.63, 3.8) is 0 Å². The Bertz CT molecular complexity index is 857. The average Bonchev–Trinajstić information content (AvgIpc) is 2.63. The molecule has 0 aromatic heterocycles. The molecule has 20 heteroatoms. The van der Waals surface area contributed by atoms with Crippen molar-refractivity contribution in [1.29, 1.82) is 0 Å². The summed E-state index contributed by atoms with van der Waals surface area (Å²) in [6.45, 7) is -0.980. The quantitative estimate of drug-likeness (QED) is 0.257. The first-order chi connectivity index (χ1) is 15.1. The number of likely N-dealkylation sites (N-methyl/N-ethyl adjacent to an activating group) is 1. The number of alkyl halides is 13. The van der Waals surface area contributed by atoms with Crippen LogP contribution < -0.4 is 9.83 Å². The Hall–Kier alpha value is -1.57. The van der Waals surface area contributed by atoms with Crippen LogP contribution in [0.2, 0.25) is 0 Å². The van der Waals surface area contributed by atoms with Gasteiger partial charge in [-0.3, -0.25) is 0 Å². The Kier molecular flexibility index (Phi) is 9.61. The van der Waals surface area contributed by atoms with Gasteiger partial charge in [0.2, 0.25) is 10.0 Å². The van der Waals surface area contributed by atoms with Gasteiger partial charge < -0.3 is 14.4 Å². The fraction of sp³-hybridized carbons (Fsp3) is 0.933. The maximum absolute atomic E-state index is 13.7. The van der Waals surface area contributed by atoms with Gasteiger partial charge in [0.25, 0.3) is 0 Å². The molecule has 0 saturated carbocycles. The first kappa shape index (κ1) is 33.4. The van der Waals surface area contributed by atoms with Gasteiger partial charge in [-0.25, -0.2) is 13.1 Å². The molecule has 35 heavy (non-hydrogen) atoms. The summed E-state index contributed by atoms with van der Waals surface area (Å²) < 4.78 is 194. The summed E-state index contributed by atoms with van der Waals surface area (Å²) in [7, 11) is -2.26. The molecule has 0 saturated heterocycles. The van der Waals surface area contributed by atoms with Gasteiger partial charge in [-0.15, -0.1) is 0 Å². The number of quaternary nitrogens is 1. The van der Waals surface area contributed by atoms with E-state index in [0.29, 0.717) is 0 Å². The van der Waals surface area contributed by atoms with Gasteiger partial charge in [-0.05, 0) is 0 Å². The molecule has 0 unspecified atom stereocenters. The van der Waals surface area contributed by atoms with Crippen LogP contribution in [0.15, 0.2) is 0 Å². The van der Waals surface area contributed by atoms with Crippen molar-refractivity contribution in [1.82, 2.24) is 4.72 Å². The lowest BCUT2D eigenvalue weighted by Gasteiger charge is -2.39. The largest absolute Gasteiger partial charge is 0.550 e. The summed E-state index contributed by atoms with van der Waals surface area (Å²) in [6, 6.07) is 0. The summed E-state index contributed by atoms with van der Waals surface area (Å²) in [6.07, 6.45) is -10.9. The Labute approximate surface area is 189 Å². The first-order valence-corrected chi connectivity index (χ1v) is 10.7. The van der Waals surface area contributed by atoms with Crippen LogP contribution in [0.3, 0.4) is 0 Å². The summed E-state index contributed by atoms with van der Waals surface area (Å²) in [5, 5.41) is 10.4. The van der Waals surface area contributed by atoms with Gasteiger partial charge in [-0.2, -0.15) is 57.1 Å². The third kappa shape index (κ3) is 7.23. The topological polar surface area (TPSA) is 86.3 Å². The second kappa shape index (κ2) is 10.1. The fourth-order valence-corrected chi connectivity index (χ4v) is 3.38. The number of sulfonamides is 1. The molecule has 1 N–H and O–H groups in total. The second-order valence-electron chi connectivity index (χ2n) is 7.97. The molecule has 6 nitrogen and oxygen atoms in total. The highest BCUT2D eigenvalue weighted by molar-refractivity contribution is 7.89. The highest BCUT2D eigenvalue weighted by Gasteiger charge is 2.90. The lowest BCUT2D eigenvalue weighted by atomic mass is 9.93. The minimum atomic E-state index is -8.06. The van der Waals surface area contributed by atoms with Gasteiger partial charge >= 0.3 is 35.8 Å². The third-order valence-electron chi connectivity index (χ3n) is 4.64. The van der Waals surface area contributed by atoms with E-state index in [4.69, 9.17) is 0 Å². The number of hydrogen-bond acceptors (Lipinski definition) is 4. The van der Waals surface area contributed by atoms with Crippen molar-refractivity contribution in [3.05, 3.63) is 0 Å². The van der Waals surface area contributed by atoms with E-state index in [9.17, 15) is 75.4 Å². The molecule has 0 bridgehead atoms. The monoisotopic (exact) mass is 570 g/mol. The molecule has 0 aliphatic rings. The van der Waals surface area contributed by atoms with E-state index in [1.54, 1.807) is 4.72 Å². The van der Waals surface area contributed by atoms with Crippen LogP contribution in [-0.2, 0) is 14.8 Å². The molecular weight excluding hydrogens is 551 g/mol. The molecule has 0 aromatic carbocycles. The van der Waals surface area contributed by atoms with Crippen molar-refractivity contribution in [3.8, 4) is 0 Å². The lowest BCUT2D eigenvalue weighted by molar-refractivity contribution is -0.888. The van der Waals surface area contributed by atoms with Crippen molar-refractivity contribution in [2.75, 3.05) is 39.5 Å². The van der Waals surface area contributed by atoms with E-state index in [-0.39, 0.29) is 17.6 Å². The Morgan fingerprint density at radius 2 is 1.20 bits per heavy atom. The number of carbonyl (C=O) groups excluding carboxylic acids is 1. The molecule has 0 spiro atoms. The number of carbonyl (C=O) groups is 1. The van der Waals surface area contributed by atoms with Crippen molar-refractivity contribution < 1.29 is 79.9 Å². The smallest absolute Gasteiger partial charge is 0.460 e. The molecule has 0 atom stereocenters. The van der Waals surface area contributed by atoms with Crippen molar-refractivity contribution in [2.24, 2.45) is 0 Å². The number of aliphatic carboxylic acids is 1. The number of carboxylic acid groups (broad SMARTS) is 1. The first-order valence-electron chi connectivity index (χ1n) is 9.03. The van der Waals surface area contributed by atoms with Crippen LogP contribution in [0.5, 0.6) is 0 Å². The van der Waals surface area contributed by atoms with Gasteiger partial charge in [0.15, 0.2) is 0 Å². The molecule has 0 fully saturated rings. The zero-order valence-electron chi connectivity index (χ0n) is 17.6. The average molecular weight is 570 g/mol. The van der Waals surface area contributed by atoms with Gasteiger partial charge in [0, 0.05) is 18.8 Å². The van der Waals surface area contributed by atoms with Crippen LogP contribution in [-0.4, -0.2) is 94.1 Å². The van der Waals surface area contributed by atoms with Crippen molar-refractivity contribution >= 4 is 16.0 Å². The molecule has 0 aliphatic heterocycles. The number of carboxylic acids is 1. The molecule has 0 rings (SSSR count). The van der Waals surface area contributed by atoms with Crippen LogP contribution >= 0.6 is 0 Å². The minimum Gasteiger partial charge on any atom is -0.550 e. The standard InChI is InChI=1S/C15H19F13N2O4S/c1-30(2,6-3-9(31)32)7-5-29-35(33,34)8-4-10(16,17)11(18,19)12(20,21)13(22,23)14(24,25)15(26,27)28/h29H,3-8H2,1-2H3. The van der Waals surface area contributed by atoms with E-state index in [1.165, 1.54) is 14.1 Å². The summed E-state index contributed by atoms with van der Waals surface area (Å²) >= 11 is 0. The second-order valence-corrected chi connectivity index (χ2v) is 9.89. The van der Waals surface area contributed by atoms with Crippen LogP contribution in [0.4, 0.5) is 57.1 Å². The molecule has 0 heterocycles. The summed E-state index contributed by atoms with van der Waals surface area (Å²) in [5.74, 6) is -41.6. The predicted molar refractivity (Wildman–Crippen MR) is 88.7 cm³/mol. The molecule has 0 amide bonds. The summed E-state index contributed by atoms with van der Waals surface area (Å²) in [5.41, 5.74) is 0. The lowest BCUT2D eigenvalue weighted by Crippen LogP contribution is -2.70. The van der Waals surface area contributed by atoms with Crippen LogP contribution in [0.1, 0.15) is 12.8 Å². The maximum Gasteiger partial charge on any atom is 0.460 e. The number of halogens is 13. The minimum absolute atomic E-state index is 0.111. The normalized spacial score (nSPS) is 15.4. The molecular formula is C15H19F13N2O4S. The number of rotatable bonds is 14. The third-order valence-corrected chi connectivity index (χ3v) is 6.03. The number of hydrogen-bond donors (Lipinski definition) is 1. The van der Waals surface area contributed by atoms with Crippen LogP contribution in [0.25, 0.3) is 0 Å². The molecule has 0 radical (unpaired) electrons. The van der Waals surface area contributed by atoms with E-state index >= 15 is 0 Å². The molecule has 0 aliphatic carbocycles. The van der Waals surface area contributed by atoms with Gasteiger partial charge in [0.05, 0.1) is 39.5 Å². The fourth-order valence-electron chi connectivity index (χ4n) is 2.30.